The van der Waals surface area contributed by atoms with E-state index in [0.29, 0.717) is 11.0 Å². The van der Waals surface area contributed by atoms with E-state index in [0.717, 1.165) is 54.5 Å². The van der Waals surface area contributed by atoms with E-state index in [1.807, 2.05) is 43.3 Å². The van der Waals surface area contributed by atoms with Crippen molar-refractivity contribution in [3.05, 3.63) is 65.2 Å². The molecule has 1 N–H and O–H groups in total. The van der Waals surface area contributed by atoms with Crippen LogP contribution in [-0.2, 0) is 0 Å². The molecule has 1 fully saturated rings. The summed E-state index contributed by atoms with van der Waals surface area (Å²) in [6.45, 7) is 6.01. The molecule has 5 nitrogen and oxygen atoms in total. The highest BCUT2D eigenvalue weighted by molar-refractivity contribution is 6.30. The number of nitrogens with zero attached hydrogens (tertiary/aromatic N) is 4. The van der Waals surface area contributed by atoms with Gasteiger partial charge in [-0.2, -0.15) is 4.98 Å². The largest absolute Gasteiger partial charge is 0.354 e. The maximum Gasteiger partial charge on any atom is 0.229 e. The second-order valence-electron chi connectivity index (χ2n) is 7.18. The van der Waals surface area contributed by atoms with Gasteiger partial charge in [-0.3, -0.25) is 0 Å². The molecule has 1 saturated heterocycles. The van der Waals surface area contributed by atoms with Gasteiger partial charge in [0.05, 0.1) is 5.69 Å². The maximum absolute atomic E-state index is 6.18. The number of hydrogen-bond acceptors (Lipinski definition) is 5. The summed E-state index contributed by atoms with van der Waals surface area (Å²) in [4.78, 5) is 14.3. The van der Waals surface area contributed by atoms with Gasteiger partial charge < -0.3 is 15.1 Å². The molecule has 0 bridgehead atoms. The number of benzene rings is 2. The van der Waals surface area contributed by atoms with E-state index >= 15 is 0 Å². The van der Waals surface area contributed by atoms with Gasteiger partial charge in [0.25, 0.3) is 0 Å². The molecule has 0 amide bonds. The molecule has 2 aromatic carbocycles. The standard InChI is InChI=1S/C22H24ClN5/c1-16-8-9-18(23)14-19(16)24-22-25-20(17-6-4-3-5-7-17)15-21(26-22)28-12-10-27(2)11-13-28/h3-9,14-15H,10-13H2,1-2H3,(H,24,25,26). The Morgan fingerprint density at radius 2 is 1.68 bits per heavy atom. The Bertz CT molecular complexity index is 952. The molecule has 144 valence electrons. The van der Waals surface area contributed by atoms with Crippen molar-refractivity contribution in [3.63, 3.8) is 0 Å². The number of hydrogen-bond donors (Lipinski definition) is 1. The topological polar surface area (TPSA) is 44.3 Å². The Kier molecular flexibility index (Phi) is 5.46. The highest BCUT2D eigenvalue weighted by Crippen LogP contribution is 2.27. The third-order valence-electron chi connectivity index (χ3n) is 5.06. The number of halogens is 1. The molecule has 1 aliphatic heterocycles. The molecule has 0 atom stereocenters. The zero-order valence-corrected chi connectivity index (χ0v) is 16.9. The summed E-state index contributed by atoms with van der Waals surface area (Å²) in [6.07, 6.45) is 0. The summed E-state index contributed by atoms with van der Waals surface area (Å²) in [6, 6.07) is 18.1. The number of aromatic nitrogens is 2. The van der Waals surface area contributed by atoms with E-state index in [4.69, 9.17) is 21.6 Å². The third kappa shape index (κ3) is 4.26. The maximum atomic E-state index is 6.18. The van der Waals surface area contributed by atoms with Gasteiger partial charge in [-0.15, -0.1) is 0 Å². The van der Waals surface area contributed by atoms with Crippen molar-refractivity contribution in [3.8, 4) is 11.3 Å². The van der Waals surface area contributed by atoms with Gasteiger partial charge >= 0.3 is 0 Å². The number of aryl methyl sites for hydroxylation is 1. The van der Waals surface area contributed by atoms with Gasteiger partial charge in [0.1, 0.15) is 5.82 Å². The molecule has 2 heterocycles. The highest BCUT2D eigenvalue weighted by Gasteiger charge is 2.18. The van der Waals surface area contributed by atoms with Gasteiger partial charge in [0, 0.05) is 48.5 Å². The van der Waals surface area contributed by atoms with Crippen LogP contribution in [0.1, 0.15) is 5.56 Å². The zero-order chi connectivity index (χ0) is 19.5. The van der Waals surface area contributed by atoms with Crippen molar-refractivity contribution in [1.29, 1.82) is 0 Å². The lowest BCUT2D eigenvalue weighted by Crippen LogP contribution is -2.44. The fourth-order valence-electron chi connectivity index (χ4n) is 3.29. The van der Waals surface area contributed by atoms with Crippen LogP contribution in [0.15, 0.2) is 54.6 Å². The minimum atomic E-state index is 0.584. The molecule has 1 aromatic heterocycles. The first-order valence-corrected chi connectivity index (χ1v) is 9.87. The van der Waals surface area contributed by atoms with Crippen LogP contribution in [0.3, 0.4) is 0 Å². The fraction of sp³-hybridized carbons (Fsp3) is 0.273. The monoisotopic (exact) mass is 393 g/mol. The first-order chi connectivity index (χ1) is 13.6. The predicted octanol–water partition coefficient (Wildman–Crippen LogP) is 4.60. The molecular weight excluding hydrogens is 370 g/mol. The predicted molar refractivity (Wildman–Crippen MR) is 117 cm³/mol. The molecule has 6 heteroatoms. The van der Waals surface area contributed by atoms with Crippen LogP contribution in [0.4, 0.5) is 17.5 Å². The van der Waals surface area contributed by atoms with E-state index in [1.54, 1.807) is 0 Å². The number of nitrogens with one attached hydrogen (secondary N) is 1. The van der Waals surface area contributed by atoms with Crippen LogP contribution in [0.5, 0.6) is 0 Å². The average Bonchev–Trinajstić information content (AvgIpc) is 2.72. The van der Waals surface area contributed by atoms with Crippen molar-refractivity contribution in [2.45, 2.75) is 6.92 Å². The first kappa shape index (κ1) is 18.7. The van der Waals surface area contributed by atoms with Crippen LogP contribution < -0.4 is 10.2 Å². The summed E-state index contributed by atoms with van der Waals surface area (Å²) >= 11 is 6.18. The fourth-order valence-corrected chi connectivity index (χ4v) is 3.47. The van der Waals surface area contributed by atoms with Gasteiger partial charge in [0.15, 0.2) is 0 Å². The molecular formula is C22H24ClN5. The number of anilines is 3. The van der Waals surface area contributed by atoms with Crippen molar-refractivity contribution in [1.82, 2.24) is 14.9 Å². The lowest BCUT2D eigenvalue weighted by molar-refractivity contribution is 0.312. The quantitative estimate of drug-likeness (QED) is 0.701. The summed E-state index contributed by atoms with van der Waals surface area (Å²) in [7, 11) is 2.15. The minimum absolute atomic E-state index is 0.584. The van der Waals surface area contributed by atoms with Crippen molar-refractivity contribution in [2.75, 3.05) is 43.4 Å². The Labute approximate surface area is 171 Å². The van der Waals surface area contributed by atoms with E-state index < -0.39 is 0 Å². The third-order valence-corrected chi connectivity index (χ3v) is 5.29. The van der Waals surface area contributed by atoms with Crippen LogP contribution >= 0.6 is 11.6 Å². The SMILES string of the molecule is Cc1ccc(Cl)cc1Nc1nc(-c2ccccc2)cc(N2CCN(C)CC2)n1. The van der Waals surface area contributed by atoms with Gasteiger partial charge in [0.2, 0.25) is 5.95 Å². The molecule has 1 aliphatic rings. The number of likely N-dealkylation sites (N-methyl/N-ethyl adjacent to an activating group) is 1. The molecule has 0 aliphatic carbocycles. The van der Waals surface area contributed by atoms with Crippen molar-refractivity contribution >= 4 is 29.1 Å². The van der Waals surface area contributed by atoms with Crippen LogP contribution in [-0.4, -0.2) is 48.1 Å². The second kappa shape index (κ2) is 8.17. The molecule has 3 aromatic rings. The summed E-state index contributed by atoms with van der Waals surface area (Å²) in [5.41, 5.74) is 4.00. The normalized spacial score (nSPS) is 14.9. The van der Waals surface area contributed by atoms with E-state index in [1.165, 1.54) is 0 Å². The van der Waals surface area contributed by atoms with Crippen LogP contribution in [0.25, 0.3) is 11.3 Å². The smallest absolute Gasteiger partial charge is 0.229 e. The van der Waals surface area contributed by atoms with Gasteiger partial charge in [-0.25, -0.2) is 4.98 Å². The van der Waals surface area contributed by atoms with Crippen LogP contribution in [0.2, 0.25) is 5.02 Å². The molecule has 0 radical (unpaired) electrons. The Balaban J connectivity index is 1.72. The van der Waals surface area contributed by atoms with Gasteiger partial charge in [-0.05, 0) is 31.7 Å². The molecule has 4 rings (SSSR count). The Hall–Kier alpha value is -2.63. The minimum Gasteiger partial charge on any atom is -0.354 e. The number of piperazine rings is 1. The van der Waals surface area contributed by atoms with Crippen LogP contribution in [0, 0.1) is 6.92 Å². The molecule has 0 unspecified atom stereocenters. The second-order valence-corrected chi connectivity index (χ2v) is 7.61. The first-order valence-electron chi connectivity index (χ1n) is 9.50. The van der Waals surface area contributed by atoms with Crippen molar-refractivity contribution in [2.24, 2.45) is 0 Å². The molecule has 0 spiro atoms. The number of rotatable bonds is 4. The zero-order valence-electron chi connectivity index (χ0n) is 16.2. The lowest BCUT2D eigenvalue weighted by Gasteiger charge is -2.33. The summed E-state index contributed by atoms with van der Waals surface area (Å²) in [5.74, 6) is 1.53. The summed E-state index contributed by atoms with van der Waals surface area (Å²) in [5, 5.41) is 4.05. The lowest BCUT2D eigenvalue weighted by atomic mass is 10.1. The van der Waals surface area contributed by atoms with E-state index in [9.17, 15) is 0 Å². The average molecular weight is 394 g/mol. The van der Waals surface area contributed by atoms with Gasteiger partial charge in [-0.1, -0.05) is 48.0 Å². The van der Waals surface area contributed by atoms with E-state index in [-0.39, 0.29) is 0 Å². The molecule has 28 heavy (non-hydrogen) atoms. The van der Waals surface area contributed by atoms with E-state index in [2.05, 4.69) is 40.4 Å². The Morgan fingerprint density at radius 1 is 0.929 bits per heavy atom. The highest BCUT2D eigenvalue weighted by atomic mass is 35.5. The molecule has 0 saturated carbocycles. The van der Waals surface area contributed by atoms with Crippen molar-refractivity contribution < 1.29 is 0 Å². The Morgan fingerprint density at radius 3 is 2.43 bits per heavy atom. The summed E-state index contributed by atoms with van der Waals surface area (Å²) < 4.78 is 0.